The smallest absolute Gasteiger partial charge is 0.343 e. The van der Waals surface area contributed by atoms with E-state index in [0.717, 1.165) is 0 Å². The van der Waals surface area contributed by atoms with Crippen LogP contribution in [0.3, 0.4) is 0 Å². The van der Waals surface area contributed by atoms with Gasteiger partial charge in [-0.15, -0.1) is 0 Å². The normalized spacial score (nSPS) is 12.1. The molecule has 2 aromatic carbocycles. The van der Waals surface area contributed by atoms with Gasteiger partial charge in [-0.2, -0.15) is 0 Å². The minimum Gasteiger partial charge on any atom is -0.506 e. The summed E-state index contributed by atoms with van der Waals surface area (Å²) in [5, 5.41) is 10.3. The highest BCUT2D eigenvalue weighted by molar-refractivity contribution is 6.15. The van der Waals surface area contributed by atoms with Crippen LogP contribution < -0.4 is 0 Å². The zero-order chi connectivity index (χ0) is 16.7. The Labute approximate surface area is 133 Å². The zero-order valence-corrected chi connectivity index (χ0v) is 12.6. The van der Waals surface area contributed by atoms with E-state index in [2.05, 4.69) is 4.99 Å². The summed E-state index contributed by atoms with van der Waals surface area (Å²) in [4.78, 5) is 16.2. The average molecular weight is 313 g/mol. The van der Waals surface area contributed by atoms with E-state index >= 15 is 0 Å². The number of aliphatic hydroxyl groups excluding tert-OH is 1. The summed E-state index contributed by atoms with van der Waals surface area (Å²) in [6, 6.07) is 14.5. The predicted molar refractivity (Wildman–Crippen MR) is 87.2 cm³/mol. The van der Waals surface area contributed by atoms with Crippen LogP contribution in [0.25, 0.3) is 5.76 Å². The molecule has 0 saturated carbocycles. The van der Waals surface area contributed by atoms with Gasteiger partial charge in [0.05, 0.1) is 17.9 Å². The molecule has 0 unspecified atom stereocenters. The zero-order valence-electron chi connectivity index (χ0n) is 12.6. The number of carbonyl (C=O) groups excluding carboxylic acids is 1. The molecule has 1 N–H and O–H groups in total. The molecule has 0 radical (unpaired) electrons. The number of para-hydroxylation sites is 1. The highest BCUT2D eigenvalue weighted by atomic mass is 19.1. The van der Waals surface area contributed by atoms with E-state index in [9.17, 15) is 14.3 Å². The van der Waals surface area contributed by atoms with Crippen LogP contribution in [-0.4, -0.2) is 23.9 Å². The molecule has 0 aromatic heterocycles. The molecule has 4 nitrogen and oxygen atoms in total. The van der Waals surface area contributed by atoms with Crippen molar-refractivity contribution in [1.82, 2.24) is 0 Å². The van der Waals surface area contributed by atoms with Gasteiger partial charge in [-0.25, -0.2) is 9.18 Å². The maximum absolute atomic E-state index is 13.8. The first kappa shape index (κ1) is 16.4. The number of benzene rings is 2. The molecular formula is C18H16FNO3. The van der Waals surface area contributed by atoms with Crippen molar-refractivity contribution in [2.75, 3.05) is 6.61 Å². The summed E-state index contributed by atoms with van der Waals surface area (Å²) in [5.74, 6) is -1.92. The molecule has 0 aliphatic heterocycles. The fourth-order valence-electron chi connectivity index (χ4n) is 1.87. The Hall–Kier alpha value is -2.95. The summed E-state index contributed by atoms with van der Waals surface area (Å²) in [6.45, 7) is 1.77. The number of nitrogens with zero attached hydrogens (tertiary/aromatic N) is 1. The minimum atomic E-state index is -0.770. The van der Waals surface area contributed by atoms with Crippen LogP contribution >= 0.6 is 0 Å². The Kier molecular flexibility index (Phi) is 5.63. The van der Waals surface area contributed by atoms with Crippen LogP contribution in [0.1, 0.15) is 12.5 Å². The fourth-order valence-corrected chi connectivity index (χ4v) is 1.87. The number of esters is 1. The quantitative estimate of drug-likeness (QED) is 0.392. The summed E-state index contributed by atoms with van der Waals surface area (Å²) in [7, 11) is 0. The molecule has 0 amide bonds. The lowest BCUT2D eigenvalue weighted by Crippen LogP contribution is -2.11. The van der Waals surface area contributed by atoms with Crippen LogP contribution in [0.2, 0.25) is 0 Å². The molecule has 23 heavy (non-hydrogen) atoms. The largest absolute Gasteiger partial charge is 0.506 e. The predicted octanol–water partition coefficient (Wildman–Crippen LogP) is 4.06. The van der Waals surface area contributed by atoms with Gasteiger partial charge in [0, 0.05) is 6.21 Å². The van der Waals surface area contributed by atoms with Crippen molar-refractivity contribution in [3.8, 4) is 0 Å². The number of hydrogen-bond acceptors (Lipinski definition) is 4. The summed E-state index contributed by atoms with van der Waals surface area (Å²) >= 11 is 0. The summed E-state index contributed by atoms with van der Waals surface area (Å²) < 4.78 is 18.7. The molecule has 0 atom stereocenters. The lowest BCUT2D eigenvalue weighted by Gasteiger charge is -2.07. The Morgan fingerprint density at radius 2 is 1.83 bits per heavy atom. The van der Waals surface area contributed by atoms with Crippen molar-refractivity contribution >= 4 is 23.6 Å². The molecular weight excluding hydrogens is 297 g/mol. The first-order chi connectivity index (χ1) is 11.1. The third kappa shape index (κ3) is 4.26. The Morgan fingerprint density at radius 1 is 1.17 bits per heavy atom. The van der Waals surface area contributed by atoms with Crippen LogP contribution in [0.5, 0.6) is 0 Å². The molecule has 0 aliphatic carbocycles. The monoisotopic (exact) mass is 313 g/mol. The lowest BCUT2D eigenvalue weighted by molar-refractivity contribution is -0.137. The first-order valence-electron chi connectivity index (χ1n) is 7.08. The lowest BCUT2D eigenvalue weighted by atomic mass is 10.1. The molecule has 0 heterocycles. The van der Waals surface area contributed by atoms with Crippen LogP contribution in [0.4, 0.5) is 10.1 Å². The second-order valence-electron chi connectivity index (χ2n) is 4.56. The van der Waals surface area contributed by atoms with Gasteiger partial charge in [0.1, 0.15) is 17.1 Å². The number of rotatable bonds is 5. The Balaban J connectivity index is 2.45. The number of carbonyl (C=O) groups is 1. The van der Waals surface area contributed by atoms with Crippen LogP contribution in [0.15, 0.2) is 65.2 Å². The third-order valence-corrected chi connectivity index (χ3v) is 2.98. The van der Waals surface area contributed by atoms with E-state index in [-0.39, 0.29) is 17.7 Å². The van der Waals surface area contributed by atoms with Crippen molar-refractivity contribution in [3.63, 3.8) is 0 Å². The molecule has 0 bridgehead atoms. The molecule has 5 heteroatoms. The van der Waals surface area contributed by atoms with Gasteiger partial charge in [0.25, 0.3) is 0 Å². The minimum absolute atomic E-state index is 0.0879. The second kappa shape index (κ2) is 7.89. The number of halogens is 1. The number of hydrogen-bond donors (Lipinski definition) is 1. The maximum Gasteiger partial charge on any atom is 0.343 e. The Bertz CT molecular complexity index is 739. The molecule has 0 spiro atoms. The molecule has 0 aliphatic rings. The summed E-state index contributed by atoms with van der Waals surface area (Å²) in [6.07, 6.45) is 1.18. The van der Waals surface area contributed by atoms with Crippen molar-refractivity contribution in [1.29, 1.82) is 0 Å². The van der Waals surface area contributed by atoms with Gasteiger partial charge in [-0.3, -0.25) is 4.99 Å². The van der Waals surface area contributed by atoms with Crippen molar-refractivity contribution in [2.45, 2.75) is 6.92 Å². The van der Waals surface area contributed by atoms with E-state index < -0.39 is 17.5 Å². The fraction of sp³-hybridized carbons (Fsp3) is 0.111. The van der Waals surface area contributed by atoms with Crippen LogP contribution in [0, 0.1) is 5.82 Å². The van der Waals surface area contributed by atoms with E-state index in [4.69, 9.17) is 4.74 Å². The van der Waals surface area contributed by atoms with Gasteiger partial charge in [-0.05, 0) is 31.2 Å². The van der Waals surface area contributed by atoms with Crippen molar-refractivity contribution in [3.05, 3.63) is 71.6 Å². The Morgan fingerprint density at radius 3 is 2.48 bits per heavy atom. The number of ether oxygens (including phenoxy) is 1. The van der Waals surface area contributed by atoms with Gasteiger partial charge >= 0.3 is 5.97 Å². The van der Waals surface area contributed by atoms with E-state index in [1.165, 1.54) is 24.4 Å². The van der Waals surface area contributed by atoms with Crippen molar-refractivity contribution in [2.24, 2.45) is 4.99 Å². The van der Waals surface area contributed by atoms with Crippen molar-refractivity contribution < 1.29 is 19.0 Å². The van der Waals surface area contributed by atoms with Crippen LogP contribution in [-0.2, 0) is 9.53 Å². The van der Waals surface area contributed by atoms with E-state index in [1.54, 1.807) is 37.3 Å². The average Bonchev–Trinajstić information content (AvgIpc) is 2.56. The topological polar surface area (TPSA) is 58.9 Å². The number of aliphatic hydroxyl groups is 1. The van der Waals surface area contributed by atoms with E-state index in [1.807, 2.05) is 6.07 Å². The number of aliphatic imine (C=N–C) groups is 1. The van der Waals surface area contributed by atoms with Gasteiger partial charge < -0.3 is 9.84 Å². The highest BCUT2D eigenvalue weighted by Crippen LogP contribution is 2.20. The molecule has 0 fully saturated rings. The molecule has 2 aromatic rings. The third-order valence-electron chi connectivity index (χ3n) is 2.98. The molecule has 118 valence electrons. The van der Waals surface area contributed by atoms with Gasteiger partial charge in [-0.1, -0.05) is 30.3 Å². The SMILES string of the molecule is CCOC(=O)C(C=Nc1ccccc1)=C(O)c1ccccc1F. The standard InChI is InChI=1S/C18H16FNO3/c1-2-23-18(22)15(12-20-13-8-4-3-5-9-13)17(21)14-10-6-7-11-16(14)19/h3-12,21H,2H2,1H3. The molecule has 2 rings (SSSR count). The highest BCUT2D eigenvalue weighted by Gasteiger charge is 2.18. The van der Waals surface area contributed by atoms with Gasteiger partial charge in [0.2, 0.25) is 0 Å². The second-order valence-corrected chi connectivity index (χ2v) is 4.56. The summed E-state index contributed by atoms with van der Waals surface area (Å²) in [5.41, 5.74) is 0.298. The van der Waals surface area contributed by atoms with E-state index in [0.29, 0.717) is 5.69 Å². The van der Waals surface area contributed by atoms with Gasteiger partial charge in [0.15, 0.2) is 0 Å². The first-order valence-corrected chi connectivity index (χ1v) is 7.08. The molecule has 0 saturated heterocycles. The maximum atomic E-state index is 13.8.